The van der Waals surface area contributed by atoms with Crippen LogP contribution in [0.15, 0.2) is 24.3 Å². The second kappa shape index (κ2) is 6.16. The summed E-state index contributed by atoms with van der Waals surface area (Å²) in [5.41, 5.74) is -0.811. The summed E-state index contributed by atoms with van der Waals surface area (Å²) in [5, 5.41) is 12.3. The van der Waals surface area contributed by atoms with Gasteiger partial charge in [0.1, 0.15) is 11.3 Å². The first-order valence-corrected chi connectivity index (χ1v) is 7.17. The van der Waals surface area contributed by atoms with E-state index in [1.54, 1.807) is 24.3 Å². The molecular weight excluding hydrogens is 270 g/mol. The zero-order chi connectivity index (χ0) is 15.5. The maximum absolute atomic E-state index is 12.5. The van der Waals surface area contributed by atoms with Crippen LogP contribution in [0.3, 0.4) is 0 Å². The van der Waals surface area contributed by atoms with Gasteiger partial charge in [-0.2, -0.15) is 0 Å². The minimum Gasteiger partial charge on any atom is -0.496 e. The number of nitrogens with one attached hydrogen (secondary N) is 1. The third-order valence-corrected chi connectivity index (χ3v) is 4.11. The van der Waals surface area contributed by atoms with Crippen molar-refractivity contribution in [1.82, 2.24) is 5.32 Å². The van der Waals surface area contributed by atoms with E-state index in [1.165, 1.54) is 7.11 Å². The van der Waals surface area contributed by atoms with E-state index in [0.29, 0.717) is 24.2 Å². The number of carboxylic acid groups (broad SMARTS) is 1. The average Bonchev–Trinajstić information content (AvgIpc) is 2.47. The number of hydrogen-bond donors (Lipinski definition) is 2. The lowest BCUT2D eigenvalue weighted by molar-refractivity contribution is -0.146. The fourth-order valence-corrected chi connectivity index (χ4v) is 3.03. The molecule has 0 aliphatic heterocycles. The molecule has 0 aromatic heterocycles. The number of methoxy groups -OCH3 is 1. The van der Waals surface area contributed by atoms with Gasteiger partial charge in [0.25, 0.3) is 5.91 Å². The van der Waals surface area contributed by atoms with Crippen LogP contribution in [0, 0.1) is 5.92 Å². The molecule has 1 amide bonds. The van der Waals surface area contributed by atoms with Gasteiger partial charge >= 0.3 is 5.97 Å². The Bertz CT molecular complexity index is 543. The molecule has 0 saturated heterocycles. The minimum absolute atomic E-state index is 0.285. The number of rotatable bonds is 4. The lowest BCUT2D eigenvalue weighted by Gasteiger charge is -2.37. The van der Waals surface area contributed by atoms with E-state index in [9.17, 15) is 14.7 Å². The molecule has 1 aromatic rings. The van der Waals surface area contributed by atoms with Crippen molar-refractivity contribution in [1.29, 1.82) is 0 Å². The summed E-state index contributed by atoms with van der Waals surface area (Å²) in [6.45, 7) is 2.02. The average molecular weight is 291 g/mol. The van der Waals surface area contributed by atoms with Crippen LogP contribution in [-0.4, -0.2) is 29.6 Å². The zero-order valence-corrected chi connectivity index (χ0v) is 12.4. The summed E-state index contributed by atoms with van der Waals surface area (Å²) in [4.78, 5) is 24.2. The van der Waals surface area contributed by atoms with Crippen LogP contribution < -0.4 is 10.1 Å². The lowest BCUT2D eigenvalue weighted by Crippen LogP contribution is -2.56. The number of carbonyl (C=O) groups is 2. The highest BCUT2D eigenvalue weighted by atomic mass is 16.5. The summed E-state index contributed by atoms with van der Waals surface area (Å²) in [6, 6.07) is 6.82. The zero-order valence-electron chi connectivity index (χ0n) is 12.4. The highest BCUT2D eigenvalue weighted by Crippen LogP contribution is 2.33. The van der Waals surface area contributed by atoms with Crippen molar-refractivity contribution in [2.24, 2.45) is 5.92 Å². The molecule has 1 aliphatic carbocycles. The molecule has 5 nitrogen and oxygen atoms in total. The van der Waals surface area contributed by atoms with Gasteiger partial charge in [0, 0.05) is 0 Å². The summed E-state index contributed by atoms with van der Waals surface area (Å²) in [6.07, 6.45) is 2.73. The number of ether oxygens (including phenoxy) is 1. The van der Waals surface area contributed by atoms with Crippen LogP contribution >= 0.6 is 0 Å². The van der Waals surface area contributed by atoms with E-state index < -0.39 is 17.4 Å². The second-order valence-corrected chi connectivity index (χ2v) is 5.74. The Hall–Kier alpha value is -2.04. The SMILES string of the molecule is COc1ccccc1C(=O)NC1(C(=O)O)CCCC(C)C1. The van der Waals surface area contributed by atoms with Crippen molar-refractivity contribution in [2.75, 3.05) is 7.11 Å². The molecule has 0 bridgehead atoms. The Balaban J connectivity index is 2.25. The summed E-state index contributed by atoms with van der Waals surface area (Å²) in [5.74, 6) is -0.631. The molecule has 21 heavy (non-hydrogen) atoms. The number of aliphatic carboxylic acids is 1. The van der Waals surface area contributed by atoms with Crippen LogP contribution in [0.1, 0.15) is 43.0 Å². The quantitative estimate of drug-likeness (QED) is 0.893. The molecule has 1 aromatic carbocycles. The van der Waals surface area contributed by atoms with Crippen molar-refractivity contribution in [3.63, 3.8) is 0 Å². The van der Waals surface area contributed by atoms with Gasteiger partial charge in [-0.1, -0.05) is 31.9 Å². The highest BCUT2D eigenvalue weighted by Gasteiger charge is 2.43. The molecule has 0 radical (unpaired) electrons. The highest BCUT2D eigenvalue weighted by molar-refractivity contribution is 6.00. The predicted octanol–water partition coefficient (Wildman–Crippen LogP) is 2.46. The Morgan fingerprint density at radius 3 is 2.71 bits per heavy atom. The van der Waals surface area contributed by atoms with Gasteiger partial charge in [-0.15, -0.1) is 0 Å². The first-order valence-electron chi connectivity index (χ1n) is 7.17. The van der Waals surface area contributed by atoms with E-state index in [4.69, 9.17) is 4.74 Å². The van der Waals surface area contributed by atoms with E-state index in [2.05, 4.69) is 5.32 Å². The Morgan fingerprint density at radius 1 is 1.38 bits per heavy atom. The van der Waals surface area contributed by atoms with E-state index >= 15 is 0 Å². The molecule has 2 unspecified atom stereocenters. The maximum atomic E-state index is 12.5. The van der Waals surface area contributed by atoms with Crippen molar-refractivity contribution in [2.45, 2.75) is 38.1 Å². The van der Waals surface area contributed by atoms with E-state index in [0.717, 1.165) is 12.8 Å². The van der Waals surface area contributed by atoms with Crippen molar-refractivity contribution in [3.8, 4) is 5.75 Å². The number of carbonyl (C=O) groups excluding carboxylic acids is 1. The van der Waals surface area contributed by atoms with Gasteiger partial charge < -0.3 is 15.2 Å². The van der Waals surface area contributed by atoms with Crippen molar-refractivity contribution in [3.05, 3.63) is 29.8 Å². The Morgan fingerprint density at radius 2 is 2.10 bits per heavy atom. The predicted molar refractivity (Wildman–Crippen MR) is 78.5 cm³/mol. The van der Waals surface area contributed by atoms with Crippen molar-refractivity contribution >= 4 is 11.9 Å². The molecule has 0 spiro atoms. The number of carboxylic acids is 1. The molecule has 5 heteroatoms. The second-order valence-electron chi connectivity index (χ2n) is 5.74. The monoisotopic (exact) mass is 291 g/mol. The van der Waals surface area contributed by atoms with Gasteiger partial charge in [-0.05, 0) is 30.9 Å². The summed E-state index contributed by atoms with van der Waals surface area (Å²) < 4.78 is 5.16. The number of para-hydroxylation sites is 1. The summed E-state index contributed by atoms with van der Waals surface area (Å²) in [7, 11) is 1.49. The summed E-state index contributed by atoms with van der Waals surface area (Å²) >= 11 is 0. The van der Waals surface area contributed by atoms with Crippen LogP contribution in [0.25, 0.3) is 0 Å². The standard InChI is InChI=1S/C16H21NO4/c1-11-6-5-9-16(10-11,15(19)20)17-14(18)12-7-3-4-8-13(12)21-2/h3-4,7-8,11H,5-6,9-10H2,1-2H3,(H,17,18)(H,19,20). The van der Waals surface area contributed by atoms with Crippen LogP contribution in [0.4, 0.5) is 0 Å². The molecule has 1 saturated carbocycles. The molecule has 1 fully saturated rings. The van der Waals surface area contributed by atoms with Gasteiger partial charge in [0.15, 0.2) is 0 Å². The fraction of sp³-hybridized carbons (Fsp3) is 0.500. The third-order valence-electron chi connectivity index (χ3n) is 4.11. The van der Waals surface area contributed by atoms with Crippen LogP contribution in [-0.2, 0) is 4.79 Å². The number of amides is 1. The maximum Gasteiger partial charge on any atom is 0.329 e. The van der Waals surface area contributed by atoms with Crippen LogP contribution in [0.2, 0.25) is 0 Å². The lowest BCUT2D eigenvalue weighted by atomic mass is 9.76. The first kappa shape index (κ1) is 15.4. The molecule has 2 N–H and O–H groups in total. The minimum atomic E-state index is -1.17. The largest absolute Gasteiger partial charge is 0.496 e. The van der Waals surface area contributed by atoms with Gasteiger partial charge in [0.05, 0.1) is 12.7 Å². The fourth-order valence-electron chi connectivity index (χ4n) is 3.03. The van der Waals surface area contributed by atoms with E-state index in [1.807, 2.05) is 6.92 Å². The number of benzene rings is 1. The smallest absolute Gasteiger partial charge is 0.329 e. The molecule has 1 aliphatic rings. The number of hydrogen-bond acceptors (Lipinski definition) is 3. The van der Waals surface area contributed by atoms with Gasteiger partial charge in [0.2, 0.25) is 0 Å². The van der Waals surface area contributed by atoms with Crippen molar-refractivity contribution < 1.29 is 19.4 Å². The van der Waals surface area contributed by atoms with Gasteiger partial charge in [-0.25, -0.2) is 4.79 Å². The first-order chi connectivity index (χ1) is 9.98. The topological polar surface area (TPSA) is 75.6 Å². The molecule has 2 rings (SSSR count). The van der Waals surface area contributed by atoms with Gasteiger partial charge in [-0.3, -0.25) is 4.79 Å². The molecule has 2 atom stereocenters. The third kappa shape index (κ3) is 3.17. The Labute approximate surface area is 124 Å². The molecule has 0 heterocycles. The molecule has 114 valence electrons. The van der Waals surface area contributed by atoms with E-state index in [-0.39, 0.29) is 5.92 Å². The molecular formula is C16H21NO4. The Kier molecular flexibility index (Phi) is 4.50. The normalized spacial score (nSPS) is 25.1. The van der Waals surface area contributed by atoms with Crippen LogP contribution in [0.5, 0.6) is 5.75 Å².